The third-order valence-electron chi connectivity index (χ3n) is 2.72. The molecule has 8 heteroatoms. The molecule has 0 aromatic carbocycles. The predicted molar refractivity (Wildman–Crippen MR) is 62.3 cm³/mol. The molecule has 0 aliphatic rings. The molecule has 0 atom stereocenters. The average molecular weight is 271 g/mol. The van der Waals surface area contributed by atoms with Crippen molar-refractivity contribution in [3.8, 4) is 0 Å². The molecule has 1 N–H and O–H groups in total. The Morgan fingerprint density at radius 3 is 2.68 bits per heavy atom. The molecule has 0 saturated carbocycles. The lowest BCUT2D eigenvalue weighted by Gasteiger charge is -2.08. The number of nitrogens with one attached hydrogen (secondary N) is 1. The Balaban J connectivity index is 2.10. The van der Waals surface area contributed by atoms with Crippen molar-refractivity contribution in [3.63, 3.8) is 0 Å². The van der Waals surface area contributed by atoms with Gasteiger partial charge in [-0.1, -0.05) is 0 Å². The number of halogens is 3. The first kappa shape index (κ1) is 13.3. The molecule has 2 aromatic heterocycles. The SMILES string of the molecule is Cc1c(CNc2nccc(C(F)(F)F)n2)cnn1C. The molecule has 0 spiro atoms. The van der Waals surface area contributed by atoms with Gasteiger partial charge in [-0.2, -0.15) is 18.3 Å². The van der Waals surface area contributed by atoms with Crippen molar-refractivity contribution in [2.24, 2.45) is 7.05 Å². The number of hydrogen-bond acceptors (Lipinski definition) is 4. The molecule has 19 heavy (non-hydrogen) atoms. The van der Waals surface area contributed by atoms with Crippen LogP contribution in [0.15, 0.2) is 18.5 Å². The van der Waals surface area contributed by atoms with Crippen LogP contribution in [0.25, 0.3) is 0 Å². The summed E-state index contributed by atoms with van der Waals surface area (Å²) in [6.07, 6.45) is -1.74. The molecule has 2 heterocycles. The molecule has 0 bridgehead atoms. The normalized spacial score (nSPS) is 11.6. The quantitative estimate of drug-likeness (QED) is 0.929. The molecule has 0 aliphatic heterocycles. The van der Waals surface area contributed by atoms with Crippen LogP contribution in [0.4, 0.5) is 19.1 Å². The second-order valence-electron chi connectivity index (χ2n) is 4.00. The molecule has 2 aromatic rings. The lowest BCUT2D eigenvalue weighted by atomic mass is 10.2. The van der Waals surface area contributed by atoms with Gasteiger partial charge in [0.2, 0.25) is 5.95 Å². The van der Waals surface area contributed by atoms with E-state index in [2.05, 4.69) is 20.4 Å². The number of nitrogens with zero attached hydrogens (tertiary/aromatic N) is 4. The van der Waals surface area contributed by atoms with Crippen LogP contribution in [0.3, 0.4) is 0 Å². The zero-order chi connectivity index (χ0) is 14.0. The van der Waals surface area contributed by atoms with E-state index in [4.69, 9.17) is 0 Å². The standard InChI is InChI=1S/C11H12F3N5/c1-7-8(6-17-19(7)2)5-16-10-15-4-3-9(18-10)11(12,13)14/h3-4,6H,5H2,1-2H3,(H,15,16,18). The van der Waals surface area contributed by atoms with Crippen LogP contribution in [0.5, 0.6) is 0 Å². The zero-order valence-electron chi connectivity index (χ0n) is 10.4. The summed E-state index contributed by atoms with van der Waals surface area (Å²) >= 11 is 0. The van der Waals surface area contributed by atoms with Crippen molar-refractivity contribution in [2.75, 3.05) is 5.32 Å². The van der Waals surface area contributed by atoms with Gasteiger partial charge in [0.25, 0.3) is 0 Å². The Hall–Kier alpha value is -2.12. The van der Waals surface area contributed by atoms with E-state index in [9.17, 15) is 13.2 Å². The molecular formula is C11H12F3N5. The van der Waals surface area contributed by atoms with Gasteiger partial charge in [-0.15, -0.1) is 0 Å². The van der Waals surface area contributed by atoms with Crippen LogP contribution >= 0.6 is 0 Å². The molecule has 5 nitrogen and oxygen atoms in total. The first-order valence-electron chi connectivity index (χ1n) is 5.49. The van der Waals surface area contributed by atoms with Gasteiger partial charge in [-0.25, -0.2) is 9.97 Å². The van der Waals surface area contributed by atoms with Gasteiger partial charge in [-0.3, -0.25) is 4.68 Å². The van der Waals surface area contributed by atoms with E-state index in [-0.39, 0.29) is 5.95 Å². The highest BCUT2D eigenvalue weighted by molar-refractivity contribution is 5.29. The number of rotatable bonds is 3. The molecule has 102 valence electrons. The van der Waals surface area contributed by atoms with Crippen molar-refractivity contribution in [1.82, 2.24) is 19.7 Å². The fourth-order valence-corrected chi connectivity index (χ4v) is 1.49. The number of alkyl halides is 3. The van der Waals surface area contributed by atoms with Crippen LogP contribution < -0.4 is 5.32 Å². The van der Waals surface area contributed by atoms with Crippen LogP contribution in [0, 0.1) is 6.92 Å². The largest absolute Gasteiger partial charge is 0.433 e. The highest BCUT2D eigenvalue weighted by atomic mass is 19.4. The van der Waals surface area contributed by atoms with Crippen LogP contribution in [-0.2, 0) is 19.8 Å². The summed E-state index contributed by atoms with van der Waals surface area (Å²) in [6.45, 7) is 2.19. The number of aryl methyl sites for hydroxylation is 1. The molecule has 0 fully saturated rings. The van der Waals surface area contributed by atoms with E-state index in [0.29, 0.717) is 6.54 Å². The first-order chi connectivity index (χ1) is 8.88. The molecular weight excluding hydrogens is 259 g/mol. The molecule has 2 rings (SSSR count). The Morgan fingerprint density at radius 1 is 1.37 bits per heavy atom. The second kappa shape index (κ2) is 4.87. The lowest BCUT2D eigenvalue weighted by molar-refractivity contribution is -0.141. The number of hydrogen-bond donors (Lipinski definition) is 1. The van der Waals surface area contributed by atoms with Crippen LogP contribution in [0.2, 0.25) is 0 Å². The fourth-order valence-electron chi connectivity index (χ4n) is 1.49. The van der Waals surface area contributed by atoms with E-state index < -0.39 is 11.9 Å². The molecule has 0 saturated heterocycles. The van der Waals surface area contributed by atoms with Gasteiger partial charge in [0.1, 0.15) is 5.69 Å². The first-order valence-corrected chi connectivity index (χ1v) is 5.49. The van der Waals surface area contributed by atoms with E-state index in [1.165, 1.54) is 0 Å². The summed E-state index contributed by atoms with van der Waals surface area (Å²) in [5, 5.41) is 6.79. The van der Waals surface area contributed by atoms with E-state index in [1.54, 1.807) is 17.9 Å². The van der Waals surface area contributed by atoms with Crippen molar-refractivity contribution >= 4 is 5.95 Å². The maximum absolute atomic E-state index is 12.5. The minimum Gasteiger partial charge on any atom is -0.350 e. The third kappa shape index (κ3) is 3.01. The second-order valence-corrected chi connectivity index (χ2v) is 4.00. The van der Waals surface area contributed by atoms with E-state index >= 15 is 0 Å². The monoisotopic (exact) mass is 271 g/mol. The minimum atomic E-state index is -4.47. The van der Waals surface area contributed by atoms with Gasteiger partial charge in [-0.05, 0) is 13.0 Å². The van der Waals surface area contributed by atoms with Crippen LogP contribution in [0.1, 0.15) is 17.0 Å². The molecule has 0 amide bonds. The Morgan fingerprint density at radius 2 is 2.11 bits per heavy atom. The Kier molecular flexibility index (Phi) is 3.41. The van der Waals surface area contributed by atoms with Gasteiger partial charge in [0.05, 0.1) is 6.20 Å². The lowest BCUT2D eigenvalue weighted by Crippen LogP contribution is -2.11. The highest BCUT2D eigenvalue weighted by Gasteiger charge is 2.32. The summed E-state index contributed by atoms with van der Waals surface area (Å²) in [7, 11) is 1.79. The summed E-state index contributed by atoms with van der Waals surface area (Å²) in [4.78, 5) is 7.18. The minimum absolute atomic E-state index is 0.0573. The molecule has 0 radical (unpaired) electrons. The van der Waals surface area contributed by atoms with E-state index in [1.807, 2.05) is 6.92 Å². The maximum atomic E-state index is 12.5. The van der Waals surface area contributed by atoms with Crippen molar-refractivity contribution in [1.29, 1.82) is 0 Å². The van der Waals surface area contributed by atoms with Crippen molar-refractivity contribution in [3.05, 3.63) is 35.4 Å². The van der Waals surface area contributed by atoms with Crippen molar-refractivity contribution in [2.45, 2.75) is 19.6 Å². The summed E-state index contributed by atoms with van der Waals surface area (Å²) < 4.78 is 39.1. The molecule has 0 aliphatic carbocycles. The fraction of sp³-hybridized carbons (Fsp3) is 0.364. The molecule has 0 unspecified atom stereocenters. The van der Waals surface area contributed by atoms with Gasteiger partial charge < -0.3 is 5.32 Å². The average Bonchev–Trinajstić information content (AvgIpc) is 2.67. The number of aromatic nitrogens is 4. The summed E-state index contributed by atoms with van der Waals surface area (Å²) in [5.41, 5.74) is 0.843. The van der Waals surface area contributed by atoms with Gasteiger partial charge >= 0.3 is 6.18 Å². The summed E-state index contributed by atoms with van der Waals surface area (Å²) in [6, 6.07) is 0.834. The van der Waals surface area contributed by atoms with Gasteiger partial charge in [0, 0.05) is 31.0 Å². The Labute approximate surface area is 107 Å². The van der Waals surface area contributed by atoms with Crippen LogP contribution in [-0.4, -0.2) is 19.7 Å². The van der Waals surface area contributed by atoms with Gasteiger partial charge in [0.15, 0.2) is 0 Å². The summed E-state index contributed by atoms with van der Waals surface area (Å²) in [5.74, 6) is -0.0573. The third-order valence-corrected chi connectivity index (χ3v) is 2.72. The van der Waals surface area contributed by atoms with Crippen molar-refractivity contribution < 1.29 is 13.2 Å². The Bertz CT molecular complexity index is 576. The predicted octanol–water partition coefficient (Wildman–Crippen LogP) is 2.15. The highest BCUT2D eigenvalue weighted by Crippen LogP contribution is 2.27. The van der Waals surface area contributed by atoms with E-state index in [0.717, 1.165) is 23.5 Å². The zero-order valence-corrected chi connectivity index (χ0v) is 10.4. The topological polar surface area (TPSA) is 55.6 Å². The smallest absolute Gasteiger partial charge is 0.350 e. The maximum Gasteiger partial charge on any atom is 0.433 e. The number of anilines is 1.